The van der Waals surface area contributed by atoms with E-state index >= 15 is 0 Å². The topological polar surface area (TPSA) is 47.0 Å². The maximum atomic E-state index is 5.28. The molecule has 1 N–H and O–H groups in total. The molecule has 0 aliphatic heterocycles. The molecule has 0 amide bonds. The molecule has 2 rings (SSSR count). The first-order chi connectivity index (χ1) is 10.2. The Balaban J connectivity index is 2.33. The third kappa shape index (κ3) is 4.09. The highest BCUT2D eigenvalue weighted by molar-refractivity contribution is 7.15. The van der Waals surface area contributed by atoms with Crippen molar-refractivity contribution in [3.63, 3.8) is 0 Å². The standard InChI is InChI=1S/C16H23N3OS/c1-5-12-7-6-8-17-15(12)16-19-13(10-20-4)14(21-16)9-18-11(2)3/h6-8,11,18H,5,9-10H2,1-4H3. The number of ether oxygens (including phenoxy) is 1. The van der Waals surface area contributed by atoms with Gasteiger partial charge in [-0.1, -0.05) is 26.8 Å². The molecule has 0 bridgehead atoms. The maximum Gasteiger partial charge on any atom is 0.142 e. The summed E-state index contributed by atoms with van der Waals surface area (Å²) in [6, 6.07) is 4.55. The Labute approximate surface area is 130 Å². The predicted octanol–water partition coefficient (Wildman–Crippen LogP) is 3.41. The van der Waals surface area contributed by atoms with E-state index in [1.54, 1.807) is 18.4 Å². The lowest BCUT2D eigenvalue weighted by molar-refractivity contribution is 0.181. The van der Waals surface area contributed by atoms with Crippen molar-refractivity contribution in [2.24, 2.45) is 0 Å². The van der Waals surface area contributed by atoms with Crippen LogP contribution in [-0.2, 0) is 24.3 Å². The zero-order valence-corrected chi connectivity index (χ0v) is 14.0. The van der Waals surface area contributed by atoms with Gasteiger partial charge in [-0.05, 0) is 18.1 Å². The summed E-state index contributed by atoms with van der Waals surface area (Å²) < 4.78 is 5.28. The van der Waals surface area contributed by atoms with Gasteiger partial charge in [0.1, 0.15) is 10.7 Å². The molecule has 2 aromatic heterocycles. The first kappa shape index (κ1) is 16.1. The Morgan fingerprint density at radius 2 is 2.19 bits per heavy atom. The Bertz CT molecular complexity index is 581. The number of pyridine rings is 1. The van der Waals surface area contributed by atoms with Crippen molar-refractivity contribution < 1.29 is 4.74 Å². The van der Waals surface area contributed by atoms with Gasteiger partial charge in [-0.3, -0.25) is 4.98 Å². The van der Waals surface area contributed by atoms with Crippen molar-refractivity contribution in [3.05, 3.63) is 34.5 Å². The molecule has 0 atom stereocenters. The molecule has 4 nitrogen and oxygen atoms in total. The molecule has 0 saturated carbocycles. The molecule has 21 heavy (non-hydrogen) atoms. The van der Waals surface area contributed by atoms with Crippen LogP contribution in [0.5, 0.6) is 0 Å². The number of hydrogen-bond donors (Lipinski definition) is 1. The molecule has 0 unspecified atom stereocenters. The average Bonchev–Trinajstić information content (AvgIpc) is 2.88. The molecule has 0 aromatic carbocycles. The SMILES string of the molecule is CCc1cccnc1-c1nc(COC)c(CNC(C)C)s1. The van der Waals surface area contributed by atoms with Gasteiger partial charge in [0.15, 0.2) is 0 Å². The Kier molecular flexibility index (Phi) is 5.85. The second-order valence-electron chi connectivity index (χ2n) is 5.22. The Morgan fingerprint density at radius 1 is 1.38 bits per heavy atom. The number of aromatic nitrogens is 2. The Morgan fingerprint density at radius 3 is 2.86 bits per heavy atom. The number of thiazole rings is 1. The summed E-state index contributed by atoms with van der Waals surface area (Å²) in [5, 5.41) is 4.43. The lowest BCUT2D eigenvalue weighted by atomic mass is 10.1. The second kappa shape index (κ2) is 7.64. The van der Waals surface area contributed by atoms with E-state index in [4.69, 9.17) is 9.72 Å². The average molecular weight is 305 g/mol. The highest BCUT2D eigenvalue weighted by atomic mass is 32.1. The highest BCUT2D eigenvalue weighted by Gasteiger charge is 2.15. The zero-order chi connectivity index (χ0) is 15.2. The summed E-state index contributed by atoms with van der Waals surface area (Å²) >= 11 is 1.71. The van der Waals surface area contributed by atoms with Crippen molar-refractivity contribution in [1.82, 2.24) is 15.3 Å². The van der Waals surface area contributed by atoms with E-state index in [2.05, 4.69) is 37.1 Å². The van der Waals surface area contributed by atoms with Crippen LogP contribution in [-0.4, -0.2) is 23.1 Å². The molecular formula is C16H23N3OS. The fourth-order valence-electron chi connectivity index (χ4n) is 2.09. The number of aryl methyl sites for hydroxylation is 1. The monoisotopic (exact) mass is 305 g/mol. The van der Waals surface area contributed by atoms with Gasteiger partial charge in [-0.15, -0.1) is 11.3 Å². The van der Waals surface area contributed by atoms with Crippen LogP contribution in [0.25, 0.3) is 10.7 Å². The van der Waals surface area contributed by atoms with Gasteiger partial charge in [0, 0.05) is 30.8 Å². The van der Waals surface area contributed by atoms with Crippen LogP contribution in [0.3, 0.4) is 0 Å². The van der Waals surface area contributed by atoms with Crippen LogP contribution in [0.1, 0.15) is 36.9 Å². The van der Waals surface area contributed by atoms with Crippen LogP contribution in [0.2, 0.25) is 0 Å². The van der Waals surface area contributed by atoms with Gasteiger partial charge in [-0.2, -0.15) is 0 Å². The predicted molar refractivity (Wildman–Crippen MR) is 87.4 cm³/mol. The van der Waals surface area contributed by atoms with Crippen LogP contribution in [0.15, 0.2) is 18.3 Å². The lowest BCUT2D eigenvalue weighted by Gasteiger charge is -2.07. The quantitative estimate of drug-likeness (QED) is 0.851. The largest absolute Gasteiger partial charge is 0.378 e. The maximum absolute atomic E-state index is 5.28. The summed E-state index contributed by atoms with van der Waals surface area (Å²) in [6.45, 7) is 7.80. The molecule has 5 heteroatoms. The molecule has 2 aromatic rings. The van der Waals surface area contributed by atoms with E-state index in [9.17, 15) is 0 Å². The lowest BCUT2D eigenvalue weighted by Crippen LogP contribution is -2.21. The molecule has 0 aliphatic rings. The summed E-state index contributed by atoms with van der Waals surface area (Å²) in [7, 11) is 1.71. The normalized spacial score (nSPS) is 11.3. The first-order valence-corrected chi connectivity index (χ1v) is 8.12. The molecule has 0 radical (unpaired) electrons. The number of nitrogens with one attached hydrogen (secondary N) is 1. The third-order valence-electron chi connectivity index (χ3n) is 3.20. The zero-order valence-electron chi connectivity index (χ0n) is 13.1. The van der Waals surface area contributed by atoms with E-state index < -0.39 is 0 Å². The summed E-state index contributed by atoms with van der Waals surface area (Å²) in [6.07, 6.45) is 2.79. The molecule has 0 saturated heterocycles. The fraction of sp³-hybridized carbons (Fsp3) is 0.500. The van der Waals surface area contributed by atoms with Crippen molar-refractivity contribution in [1.29, 1.82) is 0 Å². The van der Waals surface area contributed by atoms with E-state index in [1.807, 2.05) is 12.3 Å². The second-order valence-corrected chi connectivity index (χ2v) is 6.31. The number of nitrogens with zero attached hydrogens (tertiary/aromatic N) is 2. The van der Waals surface area contributed by atoms with Crippen molar-refractivity contribution >= 4 is 11.3 Å². The van der Waals surface area contributed by atoms with Crippen LogP contribution in [0.4, 0.5) is 0 Å². The van der Waals surface area contributed by atoms with Gasteiger partial charge >= 0.3 is 0 Å². The molecule has 0 spiro atoms. The summed E-state index contributed by atoms with van der Waals surface area (Å²) in [4.78, 5) is 10.5. The molecule has 0 fully saturated rings. The fourth-order valence-corrected chi connectivity index (χ4v) is 3.13. The smallest absolute Gasteiger partial charge is 0.142 e. The molecule has 0 aliphatic carbocycles. The number of rotatable bonds is 7. The van der Waals surface area contributed by atoms with Crippen molar-refractivity contribution in [2.45, 2.75) is 46.4 Å². The molecule has 2 heterocycles. The van der Waals surface area contributed by atoms with E-state index in [0.717, 1.165) is 29.4 Å². The minimum atomic E-state index is 0.451. The molecule has 114 valence electrons. The van der Waals surface area contributed by atoms with Crippen molar-refractivity contribution in [2.75, 3.05) is 7.11 Å². The van der Waals surface area contributed by atoms with Gasteiger partial charge < -0.3 is 10.1 Å². The minimum Gasteiger partial charge on any atom is -0.378 e. The molecular weight excluding hydrogens is 282 g/mol. The number of hydrogen-bond acceptors (Lipinski definition) is 5. The minimum absolute atomic E-state index is 0.451. The van der Waals surface area contributed by atoms with E-state index in [1.165, 1.54) is 10.4 Å². The highest BCUT2D eigenvalue weighted by Crippen LogP contribution is 2.29. The number of methoxy groups -OCH3 is 1. The van der Waals surface area contributed by atoms with E-state index in [0.29, 0.717) is 12.6 Å². The van der Waals surface area contributed by atoms with Gasteiger partial charge in [0.25, 0.3) is 0 Å². The van der Waals surface area contributed by atoms with Crippen LogP contribution < -0.4 is 5.32 Å². The van der Waals surface area contributed by atoms with Gasteiger partial charge in [0.2, 0.25) is 0 Å². The third-order valence-corrected chi connectivity index (χ3v) is 4.31. The van der Waals surface area contributed by atoms with E-state index in [-0.39, 0.29) is 0 Å². The summed E-state index contributed by atoms with van der Waals surface area (Å²) in [5.74, 6) is 0. The van der Waals surface area contributed by atoms with Crippen LogP contribution in [0, 0.1) is 0 Å². The van der Waals surface area contributed by atoms with Crippen molar-refractivity contribution in [3.8, 4) is 10.7 Å². The van der Waals surface area contributed by atoms with Gasteiger partial charge in [-0.25, -0.2) is 4.98 Å². The summed E-state index contributed by atoms with van der Waals surface area (Å²) in [5.41, 5.74) is 3.25. The first-order valence-electron chi connectivity index (χ1n) is 7.30. The van der Waals surface area contributed by atoms with Crippen LogP contribution >= 0.6 is 11.3 Å². The Hall–Kier alpha value is -1.30. The van der Waals surface area contributed by atoms with Gasteiger partial charge in [0.05, 0.1) is 12.3 Å².